The second-order valence-electron chi connectivity index (χ2n) is 6.20. The molecule has 0 N–H and O–H groups in total. The molecule has 0 fully saturated rings. The van der Waals surface area contributed by atoms with E-state index in [1.807, 2.05) is 11.8 Å². The van der Waals surface area contributed by atoms with Gasteiger partial charge in [-0.25, -0.2) is 0 Å². The number of hydrogen-bond acceptors (Lipinski definition) is 2. The molecule has 0 aromatic heterocycles. The van der Waals surface area contributed by atoms with E-state index in [1.165, 1.54) is 17.2 Å². The minimum Gasteiger partial charge on any atom is -0.282 e. The van der Waals surface area contributed by atoms with Gasteiger partial charge in [0, 0.05) is 30.1 Å². The van der Waals surface area contributed by atoms with Crippen LogP contribution in [0, 0.1) is 5.92 Å². The molecule has 2 aromatic carbocycles. The van der Waals surface area contributed by atoms with E-state index in [4.69, 9.17) is 4.99 Å². The molecule has 0 amide bonds. The van der Waals surface area contributed by atoms with Crippen molar-refractivity contribution >= 4 is 16.8 Å². The van der Waals surface area contributed by atoms with Gasteiger partial charge in [0.1, 0.15) is 0 Å². The zero-order chi connectivity index (χ0) is 13.8. The van der Waals surface area contributed by atoms with Gasteiger partial charge in [-0.05, 0) is 28.7 Å². The summed E-state index contributed by atoms with van der Waals surface area (Å²) in [5, 5.41) is 1.41. The van der Waals surface area contributed by atoms with Crippen LogP contribution >= 0.6 is 11.8 Å². The van der Waals surface area contributed by atoms with Gasteiger partial charge in [0.25, 0.3) is 0 Å². The first-order valence-electron chi connectivity index (χ1n) is 7.78. The van der Waals surface area contributed by atoms with Crippen LogP contribution in [0.2, 0.25) is 0 Å². The smallest absolute Gasteiger partial charge is 0.0717 e. The van der Waals surface area contributed by atoms with Crippen LogP contribution in [0.5, 0.6) is 0 Å². The molecule has 2 aromatic rings. The summed E-state index contributed by atoms with van der Waals surface area (Å²) in [4.78, 5) is 4.80. The third kappa shape index (κ3) is 1.63. The molecule has 0 saturated carbocycles. The zero-order valence-corrected chi connectivity index (χ0v) is 12.6. The van der Waals surface area contributed by atoms with Gasteiger partial charge in [-0.1, -0.05) is 48.5 Å². The average Bonchev–Trinajstić information content (AvgIpc) is 3.09. The van der Waals surface area contributed by atoms with Gasteiger partial charge in [0.15, 0.2) is 0 Å². The van der Waals surface area contributed by atoms with E-state index in [0.717, 1.165) is 6.54 Å². The first-order valence-corrected chi connectivity index (χ1v) is 8.77. The van der Waals surface area contributed by atoms with Crippen molar-refractivity contribution in [3.8, 4) is 0 Å². The highest BCUT2D eigenvalue weighted by molar-refractivity contribution is 8.14. The van der Waals surface area contributed by atoms with Crippen molar-refractivity contribution in [1.82, 2.24) is 0 Å². The SMILES string of the molecule is c1ccc2c(c1)C1CC(C3=NCCS3)C2c2ccccc21. The van der Waals surface area contributed by atoms with Crippen LogP contribution in [0.1, 0.15) is 40.5 Å². The molecule has 1 heterocycles. The molecule has 2 bridgehead atoms. The molecule has 1 nitrogen and oxygen atoms in total. The fourth-order valence-corrected chi connectivity index (χ4v) is 5.48. The molecule has 21 heavy (non-hydrogen) atoms. The zero-order valence-electron chi connectivity index (χ0n) is 11.8. The van der Waals surface area contributed by atoms with Crippen LogP contribution in [0.3, 0.4) is 0 Å². The van der Waals surface area contributed by atoms with E-state index < -0.39 is 0 Å². The van der Waals surface area contributed by atoms with E-state index in [9.17, 15) is 0 Å². The Kier molecular flexibility index (Phi) is 2.57. The Hall–Kier alpha value is -1.54. The number of hydrogen-bond donors (Lipinski definition) is 0. The predicted molar refractivity (Wildman–Crippen MR) is 89.4 cm³/mol. The summed E-state index contributed by atoms with van der Waals surface area (Å²) in [7, 11) is 0. The minimum absolute atomic E-state index is 0.520. The summed E-state index contributed by atoms with van der Waals surface area (Å²) in [6, 6.07) is 18.1. The van der Waals surface area contributed by atoms with Gasteiger partial charge in [-0.2, -0.15) is 0 Å². The maximum Gasteiger partial charge on any atom is 0.0717 e. The van der Waals surface area contributed by atoms with Crippen LogP contribution in [-0.4, -0.2) is 17.3 Å². The summed E-state index contributed by atoms with van der Waals surface area (Å²) >= 11 is 1.99. The molecule has 6 rings (SSSR count). The molecule has 4 aliphatic rings. The topological polar surface area (TPSA) is 12.4 Å². The van der Waals surface area contributed by atoms with Gasteiger partial charge in [0.2, 0.25) is 0 Å². The van der Waals surface area contributed by atoms with Crippen LogP contribution in [-0.2, 0) is 0 Å². The molecule has 1 unspecified atom stereocenters. The van der Waals surface area contributed by atoms with Crippen molar-refractivity contribution in [1.29, 1.82) is 0 Å². The third-order valence-electron chi connectivity index (χ3n) is 5.23. The first kappa shape index (κ1) is 12.0. The summed E-state index contributed by atoms with van der Waals surface area (Å²) in [5.41, 5.74) is 6.21. The number of aliphatic imine (C=N–C) groups is 1. The Labute approximate surface area is 129 Å². The molecule has 1 aliphatic heterocycles. The lowest BCUT2D eigenvalue weighted by molar-refractivity contribution is 0.449. The van der Waals surface area contributed by atoms with Crippen molar-refractivity contribution in [3.63, 3.8) is 0 Å². The Morgan fingerprint density at radius 3 is 2.05 bits per heavy atom. The predicted octanol–water partition coefficient (Wildman–Crippen LogP) is 4.43. The molecular formula is C19H17NS. The lowest BCUT2D eigenvalue weighted by atomic mass is 9.59. The number of nitrogens with zero attached hydrogens (tertiary/aromatic N) is 1. The summed E-state index contributed by atoms with van der Waals surface area (Å²) in [6.45, 7) is 1.01. The number of rotatable bonds is 1. The monoisotopic (exact) mass is 291 g/mol. The fourth-order valence-electron chi connectivity index (χ4n) is 4.45. The summed E-state index contributed by atoms with van der Waals surface area (Å²) in [6.07, 6.45) is 1.24. The summed E-state index contributed by atoms with van der Waals surface area (Å²) < 4.78 is 0. The second kappa shape index (κ2) is 4.48. The second-order valence-corrected chi connectivity index (χ2v) is 7.31. The van der Waals surface area contributed by atoms with Crippen molar-refractivity contribution in [2.24, 2.45) is 10.9 Å². The molecular weight excluding hydrogens is 274 g/mol. The van der Waals surface area contributed by atoms with Gasteiger partial charge < -0.3 is 0 Å². The molecule has 2 heteroatoms. The van der Waals surface area contributed by atoms with E-state index in [0.29, 0.717) is 17.8 Å². The third-order valence-corrected chi connectivity index (χ3v) is 6.35. The van der Waals surface area contributed by atoms with Gasteiger partial charge in [0.05, 0.1) is 5.04 Å². The van der Waals surface area contributed by atoms with Crippen LogP contribution < -0.4 is 0 Å². The molecule has 0 spiro atoms. The van der Waals surface area contributed by atoms with Crippen LogP contribution in [0.15, 0.2) is 53.5 Å². The standard InChI is InChI=1S/C19H17NS/c1-3-7-14-12(5-1)16-11-17(19-20-9-10-21-19)18(14)15-8-4-2-6-13(15)16/h1-8,16-18H,9-11H2. The summed E-state index contributed by atoms with van der Waals surface area (Å²) in [5.74, 6) is 2.86. The van der Waals surface area contributed by atoms with Crippen molar-refractivity contribution < 1.29 is 0 Å². The van der Waals surface area contributed by atoms with E-state index in [2.05, 4.69) is 48.5 Å². The molecule has 3 aliphatic carbocycles. The first-order chi connectivity index (χ1) is 10.4. The van der Waals surface area contributed by atoms with Crippen molar-refractivity contribution in [3.05, 3.63) is 70.8 Å². The van der Waals surface area contributed by atoms with Crippen molar-refractivity contribution in [2.45, 2.75) is 18.3 Å². The van der Waals surface area contributed by atoms with Gasteiger partial charge in [-0.3, -0.25) is 4.99 Å². The average molecular weight is 291 g/mol. The largest absolute Gasteiger partial charge is 0.282 e. The van der Waals surface area contributed by atoms with E-state index in [-0.39, 0.29) is 0 Å². The van der Waals surface area contributed by atoms with Crippen molar-refractivity contribution in [2.75, 3.05) is 12.3 Å². The Balaban J connectivity index is 1.74. The Morgan fingerprint density at radius 1 is 0.857 bits per heavy atom. The molecule has 0 radical (unpaired) electrons. The van der Waals surface area contributed by atoms with E-state index >= 15 is 0 Å². The van der Waals surface area contributed by atoms with E-state index in [1.54, 1.807) is 22.3 Å². The van der Waals surface area contributed by atoms with Crippen LogP contribution in [0.4, 0.5) is 0 Å². The Bertz CT molecular complexity index is 701. The molecule has 1 atom stereocenters. The number of fused-ring (bicyclic) bond motifs is 1. The quantitative estimate of drug-likeness (QED) is 0.757. The highest BCUT2D eigenvalue weighted by Crippen LogP contribution is 2.56. The van der Waals surface area contributed by atoms with Crippen LogP contribution in [0.25, 0.3) is 0 Å². The molecule has 0 saturated heterocycles. The highest BCUT2D eigenvalue weighted by atomic mass is 32.2. The number of benzene rings is 2. The normalized spacial score (nSPS) is 29.0. The number of thioether (sulfide) groups is 1. The molecule has 104 valence electrons. The lowest BCUT2D eigenvalue weighted by Gasteiger charge is -2.45. The maximum atomic E-state index is 4.80. The lowest BCUT2D eigenvalue weighted by Crippen LogP contribution is -2.35. The highest BCUT2D eigenvalue weighted by Gasteiger charge is 2.45. The fraction of sp³-hybridized carbons (Fsp3) is 0.316. The maximum absolute atomic E-state index is 4.80. The minimum atomic E-state index is 0.520. The van der Waals surface area contributed by atoms with Gasteiger partial charge in [-0.15, -0.1) is 11.8 Å². The Morgan fingerprint density at radius 2 is 1.48 bits per heavy atom. The van der Waals surface area contributed by atoms with Gasteiger partial charge >= 0.3 is 0 Å².